The predicted molar refractivity (Wildman–Crippen MR) is 131 cm³/mol. The van der Waals surface area contributed by atoms with Gasteiger partial charge in [-0.1, -0.05) is 25.6 Å². The highest BCUT2D eigenvalue weighted by Crippen LogP contribution is 2.35. The largest absolute Gasteiger partial charge is 0.454 e. The fraction of sp³-hybridized carbons (Fsp3) is 0.222. The third-order valence-corrected chi connectivity index (χ3v) is 6.38. The van der Waals surface area contributed by atoms with E-state index in [0.717, 1.165) is 12.8 Å². The number of nitrogens with zero attached hydrogens (tertiary/aromatic N) is 3. The summed E-state index contributed by atoms with van der Waals surface area (Å²) >= 11 is 0. The van der Waals surface area contributed by atoms with E-state index in [1.807, 2.05) is 6.92 Å². The minimum Gasteiger partial charge on any atom is -0.454 e. The number of likely N-dealkylation sites (tertiary alicyclic amines) is 1. The number of halogens is 1. The molecule has 1 aliphatic rings. The Morgan fingerprint density at radius 3 is 2.83 bits per heavy atom. The number of nitrogens with one attached hydrogen (secondary N) is 1. The predicted octanol–water partition coefficient (Wildman–Crippen LogP) is 5.03. The van der Waals surface area contributed by atoms with Crippen molar-refractivity contribution in [2.45, 2.75) is 32.2 Å². The minimum absolute atomic E-state index is 0.156. The van der Waals surface area contributed by atoms with Crippen molar-refractivity contribution in [3.8, 4) is 22.8 Å². The van der Waals surface area contributed by atoms with E-state index in [1.165, 1.54) is 6.08 Å². The number of imidazole rings is 1. The number of ether oxygens (including phenoxy) is 1. The van der Waals surface area contributed by atoms with Crippen molar-refractivity contribution < 1.29 is 13.9 Å². The molecular formula is C27H25FN4O3. The van der Waals surface area contributed by atoms with Crippen LogP contribution in [0.15, 0.2) is 72.3 Å². The monoisotopic (exact) mass is 472 g/mol. The fourth-order valence-corrected chi connectivity index (χ4v) is 4.64. The molecule has 1 fully saturated rings. The zero-order valence-electron chi connectivity index (χ0n) is 19.3. The highest BCUT2D eigenvalue weighted by atomic mass is 19.1. The van der Waals surface area contributed by atoms with Crippen LogP contribution in [-0.2, 0) is 11.2 Å². The number of hydrogen-bond donors (Lipinski definition) is 1. The van der Waals surface area contributed by atoms with Gasteiger partial charge < -0.3 is 14.6 Å². The maximum atomic E-state index is 14.6. The summed E-state index contributed by atoms with van der Waals surface area (Å²) < 4.78 is 22.1. The van der Waals surface area contributed by atoms with E-state index in [9.17, 15) is 14.0 Å². The van der Waals surface area contributed by atoms with Crippen LogP contribution in [0, 0.1) is 5.82 Å². The Morgan fingerprint density at radius 1 is 1.29 bits per heavy atom. The molecule has 4 aromatic rings. The molecule has 178 valence electrons. The van der Waals surface area contributed by atoms with Crippen molar-refractivity contribution in [2.24, 2.45) is 0 Å². The minimum atomic E-state index is -0.370. The molecule has 1 aliphatic heterocycles. The van der Waals surface area contributed by atoms with Crippen LogP contribution in [0.4, 0.5) is 4.39 Å². The van der Waals surface area contributed by atoms with Crippen molar-refractivity contribution in [1.82, 2.24) is 19.3 Å². The molecular weight excluding hydrogens is 447 g/mol. The average Bonchev–Trinajstić information content (AvgIpc) is 3.51. The van der Waals surface area contributed by atoms with Crippen LogP contribution in [0.5, 0.6) is 11.5 Å². The van der Waals surface area contributed by atoms with Gasteiger partial charge in [-0.3, -0.25) is 14.0 Å². The molecule has 2 aromatic carbocycles. The van der Waals surface area contributed by atoms with Crippen LogP contribution in [0.3, 0.4) is 0 Å². The van der Waals surface area contributed by atoms with Gasteiger partial charge in [0.2, 0.25) is 5.91 Å². The molecule has 7 nitrogen and oxygen atoms in total. The summed E-state index contributed by atoms with van der Waals surface area (Å²) in [6, 6.07) is 11.9. The summed E-state index contributed by atoms with van der Waals surface area (Å²) in [5.74, 6) is 0.739. The molecule has 1 saturated heterocycles. The lowest BCUT2D eigenvalue weighted by Crippen LogP contribution is -2.30. The number of rotatable bonds is 6. The van der Waals surface area contributed by atoms with Gasteiger partial charge in [-0.05, 0) is 61.2 Å². The first-order valence-corrected chi connectivity index (χ1v) is 11.6. The van der Waals surface area contributed by atoms with Crippen LogP contribution in [0.25, 0.3) is 16.8 Å². The third-order valence-electron chi connectivity index (χ3n) is 6.38. The van der Waals surface area contributed by atoms with E-state index in [2.05, 4.69) is 11.6 Å². The van der Waals surface area contributed by atoms with Crippen molar-refractivity contribution in [3.63, 3.8) is 0 Å². The third kappa shape index (κ3) is 4.01. The van der Waals surface area contributed by atoms with Crippen molar-refractivity contribution in [1.29, 1.82) is 0 Å². The van der Waals surface area contributed by atoms with Gasteiger partial charge in [0.15, 0.2) is 11.6 Å². The van der Waals surface area contributed by atoms with Crippen LogP contribution >= 0.6 is 0 Å². The molecule has 3 heterocycles. The van der Waals surface area contributed by atoms with E-state index in [0.29, 0.717) is 46.9 Å². The fourth-order valence-electron chi connectivity index (χ4n) is 4.64. The first-order valence-electron chi connectivity index (χ1n) is 11.6. The zero-order chi connectivity index (χ0) is 24.5. The highest BCUT2D eigenvalue weighted by Gasteiger charge is 2.33. The van der Waals surface area contributed by atoms with Gasteiger partial charge in [0.25, 0.3) is 5.56 Å². The van der Waals surface area contributed by atoms with E-state index in [-0.39, 0.29) is 29.1 Å². The number of aromatic amines is 1. The van der Waals surface area contributed by atoms with Crippen molar-refractivity contribution in [3.05, 3.63) is 95.1 Å². The summed E-state index contributed by atoms with van der Waals surface area (Å²) in [4.78, 5) is 34.5. The Hall–Kier alpha value is -4.20. The molecule has 0 unspecified atom stereocenters. The zero-order valence-corrected chi connectivity index (χ0v) is 19.3. The lowest BCUT2D eigenvalue weighted by Gasteiger charge is -2.22. The molecule has 1 N–H and O–H groups in total. The van der Waals surface area contributed by atoms with Gasteiger partial charge in [0.05, 0.1) is 6.04 Å². The molecule has 0 spiro atoms. The Balaban J connectivity index is 1.53. The second-order valence-electron chi connectivity index (χ2n) is 8.43. The summed E-state index contributed by atoms with van der Waals surface area (Å²) in [6.45, 7) is 6.11. The number of carbonyl (C=O) groups excluding carboxylic acids is 1. The maximum Gasteiger partial charge on any atom is 0.274 e. The first kappa shape index (κ1) is 22.6. The Morgan fingerprint density at radius 2 is 2.09 bits per heavy atom. The molecule has 2 aromatic heterocycles. The van der Waals surface area contributed by atoms with E-state index in [1.54, 1.807) is 64.2 Å². The van der Waals surface area contributed by atoms with Gasteiger partial charge in [0, 0.05) is 24.5 Å². The van der Waals surface area contributed by atoms with Gasteiger partial charge in [0.1, 0.15) is 22.8 Å². The molecule has 1 atom stereocenters. The number of carbonyl (C=O) groups is 1. The summed E-state index contributed by atoms with van der Waals surface area (Å²) in [5.41, 5.74) is 1.92. The number of H-pyrrole nitrogens is 1. The molecule has 0 saturated carbocycles. The second kappa shape index (κ2) is 9.21. The van der Waals surface area contributed by atoms with Crippen molar-refractivity contribution in [2.75, 3.05) is 6.54 Å². The van der Waals surface area contributed by atoms with E-state index in [4.69, 9.17) is 9.72 Å². The lowest BCUT2D eigenvalue weighted by molar-refractivity contribution is -0.127. The van der Waals surface area contributed by atoms with Crippen LogP contribution in [0.1, 0.15) is 37.2 Å². The Kier molecular flexibility index (Phi) is 5.94. The molecule has 5 rings (SSSR count). The molecule has 8 heteroatoms. The van der Waals surface area contributed by atoms with Crippen LogP contribution in [-0.4, -0.2) is 31.7 Å². The second-order valence-corrected chi connectivity index (χ2v) is 8.43. The number of aryl methyl sites for hydroxylation is 1. The van der Waals surface area contributed by atoms with Gasteiger partial charge >= 0.3 is 0 Å². The van der Waals surface area contributed by atoms with Crippen LogP contribution < -0.4 is 10.3 Å². The number of benzene rings is 2. The maximum absolute atomic E-state index is 14.6. The summed E-state index contributed by atoms with van der Waals surface area (Å²) in [6.07, 6.45) is 6.79. The van der Waals surface area contributed by atoms with Crippen molar-refractivity contribution >= 4 is 11.4 Å². The lowest BCUT2D eigenvalue weighted by atomic mass is 10.1. The number of amides is 1. The summed E-state index contributed by atoms with van der Waals surface area (Å²) in [5, 5.41) is 0. The highest BCUT2D eigenvalue weighted by molar-refractivity contribution is 5.87. The van der Waals surface area contributed by atoms with E-state index < -0.39 is 0 Å². The topological polar surface area (TPSA) is 79.7 Å². The summed E-state index contributed by atoms with van der Waals surface area (Å²) in [7, 11) is 0. The average molecular weight is 473 g/mol. The molecule has 0 bridgehead atoms. The van der Waals surface area contributed by atoms with Gasteiger partial charge in [-0.15, -0.1) is 0 Å². The first-order chi connectivity index (χ1) is 17.0. The number of aromatic nitrogens is 3. The SMILES string of the molecule is C=CC(=O)N1CCC[C@H]1c1nc(-c2ccc(Oc3cccc(CC)c3F)cc2)c2c(=O)[nH]ccn12. The standard InChI is InChI=1S/C27H25FN4O3/c1-3-17-7-5-9-21(23(17)28)35-19-12-10-18(11-13-19)24-25-27(34)29-14-16-32(25)26(30-24)20-8-6-15-31(20)22(33)4-2/h4-5,7,9-14,16,20H,2-3,6,8,15H2,1H3,(H,29,34)/t20-/m0/s1. The smallest absolute Gasteiger partial charge is 0.274 e. The molecule has 35 heavy (non-hydrogen) atoms. The van der Waals surface area contributed by atoms with Crippen LogP contribution in [0.2, 0.25) is 0 Å². The van der Waals surface area contributed by atoms with Gasteiger partial charge in [-0.25, -0.2) is 9.37 Å². The normalized spacial score (nSPS) is 15.5. The van der Waals surface area contributed by atoms with E-state index >= 15 is 0 Å². The Labute approximate surface area is 201 Å². The molecule has 0 radical (unpaired) electrons. The number of hydrogen-bond acceptors (Lipinski definition) is 4. The van der Waals surface area contributed by atoms with Gasteiger partial charge in [-0.2, -0.15) is 0 Å². The molecule has 0 aliphatic carbocycles. The quantitative estimate of drug-likeness (QED) is 0.399. The Bertz CT molecular complexity index is 1470. The molecule has 1 amide bonds. The number of fused-ring (bicyclic) bond motifs is 1.